The van der Waals surface area contributed by atoms with Gasteiger partial charge in [-0.05, 0) is 37.1 Å². The molecule has 0 aliphatic heterocycles. The molecule has 0 unspecified atom stereocenters. The highest BCUT2D eigenvalue weighted by Crippen LogP contribution is 2.21. The monoisotopic (exact) mass is 274 g/mol. The van der Waals surface area contributed by atoms with Crippen LogP contribution in [-0.2, 0) is 0 Å². The molecule has 0 fully saturated rings. The van der Waals surface area contributed by atoms with Crippen molar-refractivity contribution in [3.05, 3.63) is 33.3 Å². The van der Waals surface area contributed by atoms with Crippen molar-refractivity contribution in [2.75, 3.05) is 5.88 Å². The summed E-state index contributed by atoms with van der Waals surface area (Å²) in [5, 5.41) is 0. The molecular formula is C11H12BrClO. The maximum Gasteiger partial charge on any atom is 0.164 e. The number of benzene rings is 1. The number of rotatable bonds is 3. The molecule has 1 nitrogen and oxygen atoms in total. The standard InChI is InChI=1S/C11H12BrClO/c1-7-5-9(12)6-8(2)11(7)10(14)3-4-13/h5-6H,3-4H2,1-2H3. The molecule has 0 spiro atoms. The number of hydrogen-bond acceptors (Lipinski definition) is 1. The first-order valence-electron chi connectivity index (χ1n) is 4.42. The highest BCUT2D eigenvalue weighted by Gasteiger charge is 2.11. The zero-order valence-corrected chi connectivity index (χ0v) is 10.6. The zero-order valence-electron chi connectivity index (χ0n) is 8.23. The minimum Gasteiger partial charge on any atom is -0.294 e. The van der Waals surface area contributed by atoms with Crippen LogP contribution in [0.4, 0.5) is 0 Å². The van der Waals surface area contributed by atoms with Crippen molar-refractivity contribution in [1.29, 1.82) is 0 Å². The summed E-state index contributed by atoms with van der Waals surface area (Å²) in [5.41, 5.74) is 2.83. The summed E-state index contributed by atoms with van der Waals surface area (Å²) in [6.45, 7) is 3.89. The highest BCUT2D eigenvalue weighted by atomic mass is 79.9. The quantitative estimate of drug-likeness (QED) is 0.604. The maximum absolute atomic E-state index is 11.7. The van der Waals surface area contributed by atoms with Gasteiger partial charge >= 0.3 is 0 Å². The molecule has 0 aromatic heterocycles. The summed E-state index contributed by atoms with van der Waals surface area (Å²) in [6.07, 6.45) is 0.408. The molecule has 0 amide bonds. The number of hydrogen-bond donors (Lipinski definition) is 0. The van der Waals surface area contributed by atoms with Crippen LogP contribution in [0.3, 0.4) is 0 Å². The average molecular weight is 276 g/mol. The maximum atomic E-state index is 11.7. The van der Waals surface area contributed by atoms with Crippen molar-refractivity contribution in [2.24, 2.45) is 0 Å². The van der Waals surface area contributed by atoms with E-state index in [0.717, 1.165) is 21.2 Å². The summed E-state index contributed by atoms with van der Waals surface area (Å²) in [6, 6.07) is 3.91. The first kappa shape index (κ1) is 11.7. The molecule has 0 aliphatic rings. The lowest BCUT2D eigenvalue weighted by molar-refractivity contribution is 0.0988. The Morgan fingerprint density at radius 2 is 1.86 bits per heavy atom. The van der Waals surface area contributed by atoms with Crippen molar-refractivity contribution in [3.8, 4) is 0 Å². The van der Waals surface area contributed by atoms with Crippen molar-refractivity contribution < 1.29 is 4.79 Å². The molecule has 0 saturated heterocycles. The van der Waals surface area contributed by atoms with Crippen LogP contribution >= 0.6 is 27.5 Å². The summed E-state index contributed by atoms with van der Waals surface area (Å²) < 4.78 is 1.01. The van der Waals surface area contributed by atoms with Gasteiger partial charge in [0, 0.05) is 22.3 Å². The van der Waals surface area contributed by atoms with E-state index in [1.807, 2.05) is 26.0 Å². The van der Waals surface area contributed by atoms with Crippen molar-refractivity contribution >= 4 is 33.3 Å². The normalized spacial score (nSPS) is 10.3. The molecular weight excluding hydrogens is 263 g/mol. The second kappa shape index (κ2) is 4.94. The van der Waals surface area contributed by atoms with Gasteiger partial charge in [0.15, 0.2) is 5.78 Å². The van der Waals surface area contributed by atoms with Gasteiger partial charge < -0.3 is 0 Å². The Kier molecular flexibility index (Phi) is 4.14. The van der Waals surface area contributed by atoms with Gasteiger partial charge in [-0.3, -0.25) is 4.79 Å². The summed E-state index contributed by atoms with van der Waals surface area (Å²) >= 11 is 8.95. The van der Waals surface area contributed by atoms with E-state index in [9.17, 15) is 4.79 Å². The van der Waals surface area contributed by atoms with Crippen LogP contribution in [0.1, 0.15) is 27.9 Å². The molecule has 1 aromatic carbocycles. The third-order valence-corrected chi connectivity index (χ3v) is 2.74. The number of carbonyl (C=O) groups is 1. The molecule has 3 heteroatoms. The van der Waals surface area contributed by atoms with Crippen molar-refractivity contribution in [2.45, 2.75) is 20.3 Å². The van der Waals surface area contributed by atoms with Gasteiger partial charge in [0.25, 0.3) is 0 Å². The summed E-state index contributed by atoms with van der Waals surface area (Å²) in [4.78, 5) is 11.7. The molecule has 14 heavy (non-hydrogen) atoms. The summed E-state index contributed by atoms with van der Waals surface area (Å²) in [7, 11) is 0. The van der Waals surface area contributed by atoms with Crippen LogP contribution in [0.25, 0.3) is 0 Å². The zero-order chi connectivity index (χ0) is 10.7. The van der Waals surface area contributed by atoms with E-state index in [0.29, 0.717) is 12.3 Å². The Balaban J connectivity index is 3.14. The van der Waals surface area contributed by atoms with E-state index in [4.69, 9.17) is 11.6 Å². The van der Waals surface area contributed by atoms with E-state index >= 15 is 0 Å². The smallest absolute Gasteiger partial charge is 0.164 e. The topological polar surface area (TPSA) is 17.1 Å². The number of carbonyl (C=O) groups excluding carboxylic acids is 1. The third kappa shape index (κ3) is 2.58. The van der Waals surface area contributed by atoms with Crippen LogP contribution in [0.2, 0.25) is 0 Å². The predicted octanol–water partition coefficient (Wildman–Crippen LogP) is 3.88. The Morgan fingerprint density at radius 1 is 1.36 bits per heavy atom. The van der Waals surface area contributed by atoms with Crippen LogP contribution in [0.5, 0.6) is 0 Å². The molecule has 0 atom stereocenters. The molecule has 0 saturated carbocycles. The molecule has 0 radical (unpaired) electrons. The SMILES string of the molecule is Cc1cc(Br)cc(C)c1C(=O)CCCl. The van der Waals surface area contributed by atoms with E-state index in [1.54, 1.807) is 0 Å². The Bertz CT molecular complexity index is 337. The summed E-state index contributed by atoms with van der Waals surface area (Å²) in [5.74, 6) is 0.510. The largest absolute Gasteiger partial charge is 0.294 e. The fourth-order valence-electron chi connectivity index (χ4n) is 1.56. The number of alkyl halides is 1. The second-order valence-corrected chi connectivity index (χ2v) is 4.57. The van der Waals surface area contributed by atoms with Gasteiger partial charge in [-0.1, -0.05) is 15.9 Å². The average Bonchev–Trinajstić information content (AvgIpc) is 2.01. The molecule has 0 bridgehead atoms. The number of halogens is 2. The van der Waals surface area contributed by atoms with Gasteiger partial charge in [-0.2, -0.15) is 0 Å². The highest BCUT2D eigenvalue weighted by molar-refractivity contribution is 9.10. The second-order valence-electron chi connectivity index (χ2n) is 3.28. The molecule has 0 aliphatic carbocycles. The van der Waals surface area contributed by atoms with Crippen LogP contribution in [0.15, 0.2) is 16.6 Å². The number of aryl methyl sites for hydroxylation is 2. The van der Waals surface area contributed by atoms with Crippen LogP contribution in [0, 0.1) is 13.8 Å². The predicted molar refractivity (Wildman–Crippen MR) is 63.3 cm³/mol. The minimum atomic E-state index is 0.127. The number of ketones is 1. The Labute approximate surface area is 97.6 Å². The van der Waals surface area contributed by atoms with E-state index in [-0.39, 0.29) is 5.78 Å². The Morgan fingerprint density at radius 3 is 2.29 bits per heavy atom. The van der Waals surface area contributed by atoms with Crippen LogP contribution in [-0.4, -0.2) is 11.7 Å². The lowest BCUT2D eigenvalue weighted by Crippen LogP contribution is -2.05. The van der Waals surface area contributed by atoms with Crippen molar-refractivity contribution in [3.63, 3.8) is 0 Å². The van der Waals surface area contributed by atoms with E-state index in [1.165, 1.54) is 0 Å². The Hall–Kier alpha value is -0.340. The van der Waals surface area contributed by atoms with Gasteiger partial charge in [-0.25, -0.2) is 0 Å². The van der Waals surface area contributed by atoms with E-state index in [2.05, 4.69) is 15.9 Å². The van der Waals surface area contributed by atoms with Crippen molar-refractivity contribution in [1.82, 2.24) is 0 Å². The lowest BCUT2D eigenvalue weighted by Gasteiger charge is -2.08. The third-order valence-electron chi connectivity index (χ3n) is 2.10. The minimum absolute atomic E-state index is 0.127. The lowest BCUT2D eigenvalue weighted by atomic mass is 9.98. The van der Waals surface area contributed by atoms with Gasteiger partial charge in [0.1, 0.15) is 0 Å². The first-order valence-corrected chi connectivity index (χ1v) is 5.75. The molecule has 1 rings (SSSR count). The van der Waals surface area contributed by atoms with Crippen LogP contribution < -0.4 is 0 Å². The molecule has 1 aromatic rings. The molecule has 0 N–H and O–H groups in total. The molecule has 76 valence electrons. The van der Waals surface area contributed by atoms with Gasteiger partial charge in [0.05, 0.1) is 0 Å². The molecule has 0 heterocycles. The number of Topliss-reactive ketones (excluding diaryl/α,β-unsaturated/α-hetero) is 1. The fourth-order valence-corrected chi connectivity index (χ4v) is 2.42. The van der Waals surface area contributed by atoms with Gasteiger partial charge in [-0.15, -0.1) is 11.6 Å². The van der Waals surface area contributed by atoms with Gasteiger partial charge in [0.2, 0.25) is 0 Å². The van der Waals surface area contributed by atoms with E-state index < -0.39 is 0 Å². The first-order chi connectivity index (χ1) is 6.56. The fraction of sp³-hybridized carbons (Fsp3) is 0.364.